The number of aromatic hydroxyl groups is 1. The summed E-state index contributed by atoms with van der Waals surface area (Å²) < 4.78 is 38.7. The number of hydrogen-bond donors (Lipinski definition) is 3. The van der Waals surface area contributed by atoms with Gasteiger partial charge >= 0.3 is 0 Å². The maximum absolute atomic E-state index is 14.3. The van der Waals surface area contributed by atoms with E-state index in [1.165, 1.54) is 36.5 Å². The van der Waals surface area contributed by atoms with Crippen LogP contribution in [0.4, 0.5) is 4.39 Å². The molecule has 0 fully saturated rings. The largest absolute Gasteiger partial charge is 0.508 e. The van der Waals surface area contributed by atoms with Crippen LogP contribution in [-0.2, 0) is 10.0 Å². The highest BCUT2D eigenvalue weighted by atomic mass is 35.5. The monoisotopic (exact) mass is 421 g/mol. The van der Waals surface area contributed by atoms with Gasteiger partial charge in [0.05, 0.1) is 21.2 Å². The second-order valence-electron chi connectivity index (χ2n) is 5.59. The van der Waals surface area contributed by atoms with Crippen molar-refractivity contribution in [3.63, 3.8) is 0 Å². The van der Waals surface area contributed by atoms with Crippen LogP contribution in [0.25, 0.3) is 11.3 Å². The van der Waals surface area contributed by atoms with E-state index in [9.17, 15) is 22.7 Å². The van der Waals surface area contributed by atoms with Crippen LogP contribution >= 0.6 is 11.6 Å². The molecular weight excluding hydrogens is 409 g/mol. The lowest BCUT2D eigenvalue weighted by atomic mass is 10.1. The van der Waals surface area contributed by atoms with Gasteiger partial charge < -0.3 is 5.11 Å². The number of aromatic nitrogens is 1. The lowest BCUT2D eigenvalue weighted by molar-refractivity contribution is 0.0941. The van der Waals surface area contributed by atoms with Gasteiger partial charge in [-0.15, -0.1) is 4.83 Å². The Hall–Kier alpha value is -3.01. The number of amides is 1. The maximum atomic E-state index is 14.3. The molecule has 0 aliphatic rings. The molecule has 2 aromatic carbocycles. The van der Waals surface area contributed by atoms with E-state index in [1.54, 1.807) is 18.2 Å². The Kier molecular flexibility index (Phi) is 5.59. The third kappa shape index (κ3) is 4.28. The molecule has 3 rings (SSSR count). The third-order valence-corrected chi connectivity index (χ3v) is 5.18. The lowest BCUT2D eigenvalue weighted by Crippen LogP contribution is -2.41. The Morgan fingerprint density at radius 3 is 2.57 bits per heavy atom. The van der Waals surface area contributed by atoms with E-state index in [2.05, 4.69) is 4.98 Å². The molecule has 7 nitrogen and oxygen atoms in total. The highest BCUT2D eigenvalue weighted by Crippen LogP contribution is 2.26. The topological polar surface area (TPSA) is 108 Å². The lowest BCUT2D eigenvalue weighted by Gasteiger charge is -2.11. The van der Waals surface area contributed by atoms with Crippen LogP contribution in [0, 0.1) is 5.82 Å². The van der Waals surface area contributed by atoms with Crippen LogP contribution in [0.5, 0.6) is 5.75 Å². The second-order valence-corrected chi connectivity index (χ2v) is 7.68. The number of hydrogen-bond acceptors (Lipinski definition) is 5. The molecule has 0 aliphatic carbocycles. The van der Waals surface area contributed by atoms with Gasteiger partial charge in [0.1, 0.15) is 5.75 Å². The molecule has 28 heavy (non-hydrogen) atoms. The highest BCUT2D eigenvalue weighted by molar-refractivity contribution is 7.89. The number of rotatable bonds is 5. The number of benzene rings is 2. The van der Waals surface area contributed by atoms with Crippen LogP contribution in [0.15, 0.2) is 65.7 Å². The van der Waals surface area contributed by atoms with E-state index in [0.717, 1.165) is 6.07 Å². The molecule has 0 saturated carbocycles. The number of carbonyl (C=O) groups excluding carboxylic acids is 1. The SMILES string of the molecule is O=C(NNS(=O)(=O)c1cccc(O)c1)c1cc(-c2ccccn2)cc(Cl)c1F. The molecule has 0 spiro atoms. The Balaban J connectivity index is 1.85. The van der Waals surface area contributed by atoms with Crippen molar-refractivity contribution in [3.05, 3.63) is 77.2 Å². The molecular formula is C18H13ClFN3O4S. The zero-order chi connectivity index (χ0) is 20.3. The summed E-state index contributed by atoms with van der Waals surface area (Å²) in [4.78, 5) is 18.0. The molecule has 1 amide bonds. The van der Waals surface area contributed by atoms with Crippen LogP contribution in [0.1, 0.15) is 10.4 Å². The van der Waals surface area contributed by atoms with Crippen molar-refractivity contribution in [1.29, 1.82) is 0 Å². The van der Waals surface area contributed by atoms with E-state index in [1.807, 2.05) is 10.3 Å². The summed E-state index contributed by atoms with van der Waals surface area (Å²) in [6.07, 6.45) is 1.52. The van der Waals surface area contributed by atoms with Crippen molar-refractivity contribution >= 4 is 27.5 Å². The predicted molar refractivity (Wildman–Crippen MR) is 101 cm³/mol. The van der Waals surface area contributed by atoms with E-state index in [0.29, 0.717) is 11.3 Å². The number of nitrogens with one attached hydrogen (secondary N) is 2. The van der Waals surface area contributed by atoms with Gasteiger partial charge in [-0.05, 0) is 42.5 Å². The molecule has 1 aromatic heterocycles. The molecule has 0 atom stereocenters. The molecule has 0 aliphatic heterocycles. The standard InChI is InChI=1S/C18H13ClFN3O4S/c19-15-9-11(16-6-1-2-7-21-16)8-14(17(15)20)18(25)22-23-28(26,27)13-5-3-4-12(24)10-13/h1-10,23-24H,(H,22,25). The molecule has 0 unspecified atom stereocenters. The van der Waals surface area contributed by atoms with E-state index < -0.39 is 27.3 Å². The van der Waals surface area contributed by atoms with Crippen molar-refractivity contribution in [3.8, 4) is 17.0 Å². The zero-order valence-corrected chi connectivity index (χ0v) is 15.6. The first-order valence-electron chi connectivity index (χ1n) is 7.79. The maximum Gasteiger partial charge on any atom is 0.269 e. The molecule has 1 heterocycles. The normalized spacial score (nSPS) is 11.2. The molecule has 10 heteroatoms. The summed E-state index contributed by atoms with van der Waals surface area (Å²) in [6, 6.07) is 12.4. The smallest absolute Gasteiger partial charge is 0.269 e. The molecule has 0 saturated heterocycles. The highest BCUT2D eigenvalue weighted by Gasteiger charge is 2.20. The number of carbonyl (C=O) groups is 1. The number of phenolic OH excluding ortho intramolecular Hbond substituents is 1. The minimum atomic E-state index is -4.18. The van der Waals surface area contributed by atoms with Gasteiger partial charge in [-0.2, -0.15) is 0 Å². The van der Waals surface area contributed by atoms with Gasteiger partial charge in [-0.1, -0.05) is 23.7 Å². The number of hydrazine groups is 1. The van der Waals surface area contributed by atoms with Gasteiger partial charge in [0, 0.05) is 11.8 Å². The predicted octanol–water partition coefficient (Wildman–Crippen LogP) is 2.87. The Bertz CT molecular complexity index is 1140. The first-order valence-corrected chi connectivity index (χ1v) is 9.65. The summed E-state index contributed by atoms with van der Waals surface area (Å²) in [5.74, 6) is -2.33. The van der Waals surface area contributed by atoms with Crippen LogP contribution in [0.3, 0.4) is 0 Å². The fraction of sp³-hybridized carbons (Fsp3) is 0. The Morgan fingerprint density at radius 1 is 1.11 bits per heavy atom. The number of nitrogens with zero attached hydrogens (tertiary/aromatic N) is 1. The van der Waals surface area contributed by atoms with E-state index in [-0.39, 0.29) is 15.7 Å². The quantitative estimate of drug-likeness (QED) is 0.549. The zero-order valence-electron chi connectivity index (χ0n) is 14.1. The minimum Gasteiger partial charge on any atom is -0.508 e. The van der Waals surface area contributed by atoms with Gasteiger partial charge in [0.2, 0.25) is 0 Å². The van der Waals surface area contributed by atoms with Crippen molar-refractivity contribution in [2.45, 2.75) is 4.90 Å². The molecule has 144 valence electrons. The average Bonchev–Trinajstić information content (AvgIpc) is 2.69. The Labute approximate surface area is 164 Å². The first-order chi connectivity index (χ1) is 13.3. The Morgan fingerprint density at radius 2 is 1.89 bits per heavy atom. The summed E-state index contributed by atoms with van der Waals surface area (Å²) >= 11 is 5.87. The molecule has 0 radical (unpaired) electrons. The summed E-state index contributed by atoms with van der Waals surface area (Å²) in [5.41, 5.74) is 2.30. The van der Waals surface area contributed by atoms with Crippen LogP contribution < -0.4 is 10.3 Å². The average molecular weight is 422 g/mol. The fourth-order valence-electron chi connectivity index (χ4n) is 2.33. The van der Waals surface area contributed by atoms with E-state index >= 15 is 0 Å². The summed E-state index contributed by atoms with van der Waals surface area (Å²) in [7, 11) is -4.18. The van der Waals surface area contributed by atoms with Crippen molar-refractivity contribution < 1.29 is 22.7 Å². The van der Waals surface area contributed by atoms with Crippen molar-refractivity contribution in [1.82, 2.24) is 15.2 Å². The van der Waals surface area contributed by atoms with Gasteiger partial charge in [0.25, 0.3) is 15.9 Å². The minimum absolute atomic E-state index is 0.268. The van der Waals surface area contributed by atoms with Crippen LogP contribution in [0.2, 0.25) is 5.02 Å². The molecule has 3 aromatic rings. The third-order valence-electron chi connectivity index (χ3n) is 3.66. The number of phenols is 1. The summed E-state index contributed by atoms with van der Waals surface area (Å²) in [6.45, 7) is 0. The summed E-state index contributed by atoms with van der Waals surface area (Å²) in [5, 5.41) is 9.07. The second kappa shape index (κ2) is 7.93. The van der Waals surface area contributed by atoms with Crippen molar-refractivity contribution in [2.75, 3.05) is 0 Å². The first kappa shape index (κ1) is 19.7. The van der Waals surface area contributed by atoms with E-state index in [4.69, 9.17) is 11.6 Å². The number of sulfonamides is 1. The van der Waals surface area contributed by atoms with Gasteiger partial charge in [0.15, 0.2) is 5.82 Å². The van der Waals surface area contributed by atoms with Gasteiger partial charge in [-0.25, -0.2) is 12.8 Å². The number of halogens is 2. The van der Waals surface area contributed by atoms with Gasteiger partial charge in [-0.3, -0.25) is 15.2 Å². The number of pyridine rings is 1. The fourth-order valence-corrected chi connectivity index (χ4v) is 3.42. The molecule has 0 bridgehead atoms. The van der Waals surface area contributed by atoms with Crippen molar-refractivity contribution in [2.24, 2.45) is 0 Å². The molecule has 3 N–H and O–H groups in total. The van der Waals surface area contributed by atoms with Crippen LogP contribution in [-0.4, -0.2) is 24.4 Å².